The maximum Gasteiger partial charge on any atom is 0.194 e. The number of guanidine groups is 1. The number of nitrogens with one attached hydrogen (secondary N) is 1. The van der Waals surface area contributed by atoms with E-state index < -0.39 is 0 Å². The van der Waals surface area contributed by atoms with Gasteiger partial charge in [-0.25, -0.2) is 9.98 Å². The van der Waals surface area contributed by atoms with Crippen LogP contribution in [-0.2, 0) is 16.0 Å². The molecule has 1 fully saturated rings. The van der Waals surface area contributed by atoms with Crippen molar-refractivity contribution in [2.24, 2.45) is 4.99 Å². The van der Waals surface area contributed by atoms with Crippen molar-refractivity contribution in [3.63, 3.8) is 0 Å². The minimum absolute atomic E-state index is 0.365. The molecular formula is C17H30N4O2S. The van der Waals surface area contributed by atoms with Gasteiger partial charge in [0.15, 0.2) is 5.96 Å². The zero-order valence-corrected chi connectivity index (χ0v) is 15.9. The zero-order chi connectivity index (χ0) is 17.2. The van der Waals surface area contributed by atoms with Crippen LogP contribution in [0.2, 0.25) is 0 Å². The normalized spacial score (nSPS) is 16.6. The van der Waals surface area contributed by atoms with Crippen molar-refractivity contribution in [3.05, 3.63) is 16.1 Å². The highest BCUT2D eigenvalue weighted by molar-refractivity contribution is 7.09. The Labute approximate surface area is 149 Å². The van der Waals surface area contributed by atoms with Crippen LogP contribution < -0.4 is 5.32 Å². The second-order valence-corrected chi connectivity index (χ2v) is 6.87. The summed E-state index contributed by atoms with van der Waals surface area (Å²) in [5.74, 6) is 1.00. The van der Waals surface area contributed by atoms with Crippen LogP contribution in [0.15, 0.2) is 10.5 Å². The third-order valence-corrected chi connectivity index (χ3v) is 5.06. The molecule has 0 aliphatic carbocycles. The minimum Gasteiger partial charge on any atom is -0.385 e. The molecule has 1 aromatic heterocycles. The van der Waals surface area contributed by atoms with Crippen molar-refractivity contribution >= 4 is 17.3 Å². The molecule has 0 atom stereocenters. The standard InChI is InChI=1S/C17H30N4O2S/c1-4-18-17(19-12-16-14(2)20-13-24-16)21-8-6-15(7-9-21)23-11-5-10-22-3/h13,15H,4-12H2,1-3H3,(H,18,19). The number of rotatable bonds is 8. The van der Waals surface area contributed by atoms with E-state index in [0.29, 0.717) is 12.6 Å². The van der Waals surface area contributed by atoms with Gasteiger partial charge in [0.1, 0.15) is 0 Å². The maximum absolute atomic E-state index is 5.93. The smallest absolute Gasteiger partial charge is 0.194 e. The van der Waals surface area contributed by atoms with E-state index in [0.717, 1.165) is 63.8 Å². The molecule has 1 aliphatic heterocycles. The van der Waals surface area contributed by atoms with Crippen LogP contribution in [0.3, 0.4) is 0 Å². The highest BCUT2D eigenvalue weighted by Gasteiger charge is 2.21. The molecule has 1 N–H and O–H groups in total. The van der Waals surface area contributed by atoms with Crippen LogP contribution in [0.5, 0.6) is 0 Å². The van der Waals surface area contributed by atoms with Crippen molar-refractivity contribution in [1.82, 2.24) is 15.2 Å². The molecule has 0 aromatic carbocycles. The number of aryl methyl sites for hydroxylation is 1. The molecule has 0 spiro atoms. The summed E-state index contributed by atoms with van der Waals surface area (Å²) in [5.41, 5.74) is 2.97. The Hall–Kier alpha value is -1.18. The second-order valence-electron chi connectivity index (χ2n) is 5.93. The lowest BCUT2D eigenvalue weighted by Crippen LogP contribution is -2.47. The van der Waals surface area contributed by atoms with Gasteiger partial charge in [-0.3, -0.25) is 0 Å². The fourth-order valence-electron chi connectivity index (χ4n) is 2.74. The van der Waals surface area contributed by atoms with Gasteiger partial charge in [0.2, 0.25) is 0 Å². The number of ether oxygens (including phenoxy) is 2. The quantitative estimate of drug-likeness (QED) is 0.441. The van der Waals surface area contributed by atoms with E-state index in [2.05, 4.69) is 22.1 Å². The number of piperidine rings is 1. The predicted molar refractivity (Wildman–Crippen MR) is 98.7 cm³/mol. The number of likely N-dealkylation sites (tertiary alicyclic amines) is 1. The Bertz CT molecular complexity index is 499. The third-order valence-electron chi connectivity index (χ3n) is 4.14. The molecule has 0 amide bonds. The first kappa shape index (κ1) is 19.1. The average Bonchev–Trinajstić information content (AvgIpc) is 3.01. The summed E-state index contributed by atoms with van der Waals surface area (Å²) >= 11 is 1.67. The third kappa shape index (κ3) is 6.03. The lowest BCUT2D eigenvalue weighted by molar-refractivity contribution is 0.00990. The van der Waals surface area contributed by atoms with Gasteiger partial charge >= 0.3 is 0 Å². The van der Waals surface area contributed by atoms with Gasteiger partial charge in [-0.2, -0.15) is 0 Å². The highest BCUT2D eigenvalue weighted by Crippen LogP contribution is 2.16. The van der Waals surface area contributed by atoms with Crippen LogP contribution in [0, 0.1) is 6.92 Å². The van der Waals surface area contributed by atoms with Gasteiger partial charge in [-0.1, -0.05) is 0 Å². The van der Waals surface area contributed by atoms with Crippen LogP contribution >= 0.6 is 11.3 Å². The largest absolute Gasteiger partial charge is 0.385 e. The van der Waals surface area contributed by atoms with Crippen molar-refractivity contribution < 1.29 is 9.47 Å². The number of aliphatic imine (C=N–C) groups is 1. The van der Waals surface area contributed by atoms with E-state index in [1.807, 2.05) is 12.4 Å². The first-order valence-corrected chi connectivity index (χ1v) is 9.65. The summed E-state index contributed by atoms with van der Waals surface area (Å²) < 4.78 is 11.0. The molecule has 136 valence electrons. The van der Waals surface area contributed by atoms with E-state index in [9.17, 15) is 0 Å². The number of nitrogens with zero attached hydrogens (tertiary/aromatic N) is 3. The molecule has 0 radical (unpaired) electrons. The van der Waals surface area contributed by atoms with Gasteiger partial charge < -0.3 is 19.7 Å². The van der Waals surface area contributed by atoms with Crippen molar-refractivity contribution in [3.8, 4) is 0 Å². The molecule has 0 bridgehead atoms. The monoisotopic (exact) mass is 354 g/mol. The summed E-state index contributed by atoms with van der Waals surface area (Å²) in [6.45, 7) is 9.27. The number of hydrogen-bond donors (Lipinski definition) is 1. The van der Waals surface area contributed by atoms with Crippen LogP contribution in [-0.4, -0.2) is 61.9 Å². The molecule has 0 unspecified atom stereocenters. The first-order valence-electron chi connectivity index (χ1n) is 8.77. The van der Waals surface area contributed by atoms with Gasteiger partial charge in [0.25, 0.3) is 0 Å². The van der Waals surface area contributed by atoms with Crippen molar-refractivity contribution in [1.29, 1.82) is 0 Å². The van der Waals surface area contributed by atoms with Crippen LogP contribution in [0.1, 0.15) is 36.8 Å². The Morgan fingerprint density at radius 2 is 2.21 bits per heavy atom. The van der Waals surface area contributed by atoms with E-state index >= 15 is 0 Å². The van der Waals surface area contributed by atoms with E-state index in [-0.39, 0.29) is 0 Å². The van der Waals surface area contributed by atoms with Gasteiger partial charge in [-0.15, -0.1) is 11.3 Å². The molecule has 1 aliphatic rings. The number of aromatic nitrogens is 1. The van der Waals surface area contributed by atoms with Gasteiger partial charge in [-0.05, 0) is 33.1 Å². The number of hydrogen-bond acceptors (Lipinski definition) is 5. The predicted octanol–water partition coefficient (Wildman–Crippen LogP) is 2.43. The minimum atomic E-state index is 0.365. The van der Waals surface area contributed by atoms with Gasteiger partial charge in [0, 0.05) is 44.8 Å². The average molecular weight is 355 g/mol. The summed E-state index contributed by atoms with van der Waals surface area (Å²) in [6.07, 6.45) is 3.44. The summed E-state index contributed by atoms with van der Waals surface area (Å²) in [4.78, 5) is 12.7. The Morgan fingerprint density at radius 3 is 2.83 bits per heavy atom. The SMILES string of the molecule is CCNC(=NCc1scnc1C)N1CCC(OCCCOC)CC1. The molecule has 2 rings (SSSR count). The van der Waals surface area contributed by atoms with Crippen molar-refractivity contribution in [2.45, 2.75) is 45.8 Å². The molecule has 0 saturated carbocycles. The van der Waals surface area contributed by atoms with E-state index in [4.69, 9.17) is 14.5 Å². The van der Waals surface area contributed by atoms with Crippen molar-refractivity contribution in [2.75, 3.05) is 40.0 Å². The molecule has 1 saturated heterocycles. The lowest BCUT2D eigenvalue weighted by atomic mass is 10.1. The van der Waals surface area contributed by atoms with Crippen LogP contribution in [0.4, 0.5) is 0 Å². The van der Waals surface area contributed by atoms with Gasteiger partial charge in [0.05, 0.1) is 23.9 Å². The summed E-state index contributed by atoms with van der Waals surface area (Å²) in [6, 6.07) is 0. The number of thiazole rings is 1. The zero-order valence-electron chi connectivity index (χ0n) is 15.1. The lowest BCUT2D eigenvalue weighted by Gasteiger charge is -2.34. The maximum atomic E-state index is 5.93. The van der Waals surface area contributed by atoms with E-state index in [1.54, 1.807) is 18.4 Å². The Balaban J connectivity index is 1.81. The second kappa shape index (κ2) is 10.6. The molecule has 1 aromatic rings. The molecule has 24 heavy (non-hydrogen) atoms. The number of methoxy groups -OCH3 is 1. The molecule has 2 heterocycles. The fourth-order valence-corrected chi connectivity index (χ4v) is 3.44. The summed E-state index contributed by atoms with van der Waals surface area (Å²) in [5, 5.41) is 3.41. The first-order chi connectivity index (χ1) is 11.7. The summed E-state index contributed by atoms with van der Waals surface area (Å²) in [7, 11) is 1.73. The highest BCUT2D eigenvalue weighted by atomic mass is 32.1. The van der Waals surface area contributed by atoms with Crippen LogP contribution in [0.25, 0.3) is 0 Å². The Morgan fingerprint density at radius 1 is 1.42 bits per heavy atom. The fraction of sp³-hybridized carbons (Fsp3) is 0.765. The molecular weight excluding hydrogens is 324 g/mol. The molecule has 6 nitrogen and oxygen atoms in total. The Kier molecular flexibility index (Phi) is 8.49. The van der Waals surface area contributed by atoms with E-state index in [1.165, 1.54) is 4.88 Å². The molecule has 7 heteroatoms. The topological polar surface area (TPSA) is 59.0 Å².